The zero-order valence-electron chi connectivity index (χ0n) is 10.4. The Morgan fingerprint density at radius 1 is 1.37 bits per heavy atom. The number of hydrogen-bond acceptors (Lipinski definition) is 3. The fourth-order valence-corrected chi connectivity index (χ4v) is 1.99. The number of rotatable bonds is 3. The van der Waals surface area contributed by atoms with Crippen molar-refractivity contribution in [3.63, 3.8) is 0 Å². The maximum Gasteiger partial charge on any atom is 0.308 e. The number of hydrazine groups is 1. The van der Waals surface area contributed by atoms with E-state index in [-0.39, 0.29) is 18.9 Å². The van der Waals surface area contributed by atoms with Crippen LogP contribution in [0, 0.1) is 12.8 Å². The molecule has 6 heteroatoms. The van der Waals surface area contributed by atoms with Gasteiger partial charge in [0.2, 0.25) is 5.91 Å². The van der Waals surface area contributed by atoms with Gasteiger partial charge in [-0.15, -0.1) is 0 Å². The molecule has 0 radical (unpaired) electrons. The molecule has 0 spiro atoms. The first kappa shape index (κ1) is 13.1. The second kappa shape index (κ2) is 5.09. The molecule has 0 bridgehead atoms. The second-order valence-electron chi connectivity index (χ2n) is 4.50. The van der Waals surface area contributed by atoms with E-state index >= 15 is 0 Å². The maximum atomic E-state index is 12.0. The smallest absolute Gasteiger partial charge is 0.308 e. The van der Waals surface area contributed by atoms with Gasteiger partial charge in [-0.25, -0.2) is 0 Å². The monoisotopic (exact) mass is 262 g/mol. The van der Waals surface area contributed by atoms with Crippen LogP contribution < -0.4 is 5.43 Å². The SMILES string of the molecule is Cc1ccccc1C(=O)NN1C[C@@H](C(=O)O)CC1=O. The lowest BCUT2D eigenvalue weighted by Crippen LogP contribution is -2.43. The van der Waals surface area contributed by atoms with Crippen molar-refractivity contribution in [3.8, 4) is 0 Å². The first-order valence-corrected chi connectivity index (χ1v) is 5.89. The first-order chi connectivity index (χ1) is 8.99. The van der Waals surface area contributed by atoms with Gasteiger partial charge in [0.25, 0.3) is 5.91 Å². The van der Waals surface area contributed by atoms with Crippen LogP contribution in [0.25, 0.3) is 0 Å². The van der Waals surface area contributed by atoms with Crippen molar-refractivity contribution >= 4 is 17.8 Å². The van der Waals surface area contributed by atoms with Crippen molar-refractivity contribution < 1.29 is 19.5 Å². The minimum Gasteiger partial charge on any atom is -0.481 e. The number of nitrogens with zero attached hydrogens (tertiary/aromatic N) is 1. The van der Waals surface area contributed by atoms with E-state index in [1.54, 1.807) is 25.1 Å². The van der Waals surface area contributed by atoms with Gasteiger partial charge >= 0.3 is 5.97 Å². The lowest BCUT2D eigenvalue weighted by molar-refractivity contribution is -0.141. The Morgan fingerprint density at radius 2 is 2.05 bits per heavy atom. The number of nitrogens with one attached hydrogen (secondary N) is 1. The molecule has 2 N–H and O–H groups in total. The Morgan fingerprint density at radius 3 is 2.63 bits per heavy atom. The Labute approximate surface area is 110 Å². The quantitative estimate of drug-likeness (QED) is 0.834. The van der Waals surface area contributed by atoms with E-state index in [2.05, 4.69) is 5.43 Å². The number of hydrogen-bond donors (Lipinski definition) is 2. The molecule has 0 aromatic heterocycles. The predicted molar refractivity (Wildman–Crippen MR) is 66.1 cm³/mol. The Bertz CT molecular complexity index is 541. The molecule has 19 heavy (non-hydrogen) atoms. The van der Waals surface area contributed by atoms with Crippen molar-refractivity contribution in [1.82, 2.24) is 10.4 Å². The van der Waals surface area contributed by atoms with Crippen LogP contribution in [0.5, 0.6) is 0 Å². The van der Waals surface area contributed by atoms with Gasteiger partial charge in [-0.2, -0.15) is 0 Å². The molecule has 0 unspecified atom stereocenters. The highest BCUT2D eigenvalue weighted by Crippen LogP contribution is 2.16. The minimum atomic E-state index is -1.03. The van der Waals surface area contributed by atoms with E-state index in [1.165, 1.54) is 0 Å². The summed E-state index contributed by atoms with van der Waals surface area (Å²) in [5, 5.41) is 9.93. The Kier molecular flexibility index (Phi) is 3.50. The third-order valence-corrected chi connectivity index (χ3v) is 3.10. The van der Waals surface area contributed by atoms with Crippen molar-refractivity contribution in [1.29, 1.82) is 0 Å². The van der Waals surface area contributed by atoms with Crippen LogP contribution in [-0.4, -0.2) is 34.4 Å². The van der Waals surface area contributed by atoms with Crippen molar-refractivity contribution in [3.05, 3.63) is 35.4 Å². The van der Waals surface area contributed by atoms with Gasteiger partial charge in [0.05, 0.1) is 12.5 Å². The molecule has 1 aromatic carbocycles. The molecule has 1 heterocycles. The number of carboxylic acids is 1. The molecule has 1 saturated heterocycles. The topological polar surface area (TPSA) is 86.7 Å². The molecule has 1 aromatic rings. The number of aryl methyl sites for hydroxylation is 1. The van der Waals surface area contributed by atoms with Gasteiger partial charge in [0.1, 0.15) is 0 Å². The Balaban J connectivity index is 2.06. The average Bonchev–Trinajstić information content (AvgIpc) is 2.71. The molecule has 1 aliphatic heterocycles. The largest absolute Gasteiger partial charge is 0.481 e. The van der Waals surface area contributed by atoms with Crippen LogP contribution in [0.2, 0.25) is 0 Å². The molecule has 6 nitrogen and oxygen atoms in total. The van der Waals surface area contributed by atoms with Crippen molar-refractivity contribution in [2.75, 3.05) is 6.54 Å². The van der Waals surface area contributed by atoms with Gasteiger partial charge in [0.15, 0.2) is 0 Å². The maximum absolute atomic E-state index is 12.0. The second-order valence-corrected chi connectivity index (χ2v) is 4.50. The van der Waals surface area contributed by atoms with Crippen LogP contribution in [0.4, 0.5) is 0 Å². The summed E-state index contributed by atoms with van der Waals surface area (Å²) in [6.45, 7) is 1.80. The third kappa shape index (κ3) is 2.73. The lowest BCUT2D eigenvalue weighted by Gasteiger charge is -2.17. The molecule has 2 rings (SSSR count). The van der Waals surface area contributed by atoms with Crippen molar-refractivity contribution in [2.45, 2.75) is 13.3 Å². The average molecular weight is 262 g/mol. The molecule has 0 saturated carbocycles. The first-order valence-electron chi connectivity index (χ1n) is 5.89. The summed E-state index contributed by atoms with van der Waals surface area (Å²) in [6.07, 6.45) is -0.0800. The van der Waals surface area contributed by atoms with E-state index in [0.717, 1.165) is 10.6 Å². The highest BCUT2D eigenvalue weighted by Gasteiger charge is 2.35. The number of amides is 2. The molecule has 1 fully saturated rings. The van der Waals surface area contributed by atoms with Crippen LogP contribution >= 0.6 is 0 Å². The van der Waals surface area contributed by atoms with Crippen LogP contribution in [0.15, 0.2) is 24.3 Å². The number of carbonyl (C=O) groups excluding carboxylic acids is 2. The summed E-state index contributed by atoms with van der Waals surface area (Å²) in [6, 6.07) is 6.99. The number of carboxylic acid groups (broad SMARTS) is 1. The number of carbonyl (C=O) groups is 3. The summed E-state index contributed by atoms with van der Waals surface area (Å²) in [5.41, 5.74) is 3.71. The molecule has 1 atom stereocenters. The van der Waals surface area contributed by atoms with Crippen LogP contribution in [-0.2, 0) is 9.59 Å². The molecule has 100 valence electrons. The minimum absolute atomic E-state index is 0.00574. The zero-order valence-corrected chi connectivity index (χ0v) is 10.4. The summed E-state index contributed by atoms with van der Waals surface area (Å²) in [4.78, 5) is 34.4. The van der Waals surface area contributed by atoms with Gasteiger partial charge < -0.3 is 5.11 Å². The summed E-state index contributed by atoms with van der Waals surface area (Å²) >= 11 is 0. The summed E-state index contributed by atoms with van der Waals surface area (Å²) < 4.78 is 0. The van der Waals surface area contributed by atoms with E-state index in [1.807, 2.05) is 6.07 Å². The fraction of sp³-hybridized carbons (Fsp3) is 0.308. The van der Waals surface area contributed by atoms with E-state index < -0.39 is 17.8 Å². The molecule has 2 amide bonds. The molecular formula is C13H14N2O4. The van der Waals surface area contributed by atoms with Gasteiger partial charge in [-0.3, -0.25) is 24.8 Å². The van der Waals surface area contributed by atoms with E-state index in [9.17, 15) is 14.4 Å². The molecular weight excluding hydrogens is 248 g/mol. The zero-order chi connectivity index (χ0) is 14.0. The van der Waals surface area contributed by atoms with Crippen LogP contribution in [0.1, 0.15) is 22.3 Å². The van der Waals surface area contributed by atoms with Gasteiger partial charge in [-0.05, 0) is 18.6 Å². The molecule has 0 aliphatic carbocycles. The molecule has 1 aliphatic rings. The van der Waals surface area contributed by atoms with E-state index in [0.29, 0.717) is 5.56 Å². The normalized spacial score (nSPS) is 18.5. The fourth-order valence-electron chi connectivity index (χ4n) is 1.99. The number of benzene rings is 1. The van der Waals surface area contributed by atoms with Gasteiger partial charge in [-0.1, -0.05) is 18.2 Å². The van der Waals surface area contributed by atoms with Crippen LogP contribution in [0.3, 0.4) is 0 Å². The predicted octanol–water partition coefficient (Wildman–Crippen LogP) is 0.573. The summed E-state index contributed by atoms with van der Waals surface area (Å²) in [5.74, 6) is -2.57. The summed E-state index contributed by atoms with van der Waals surface area (Å²) in [7, 11) is 0. The Hall–Kier alpha value is -2.37. The highest BCUT2D eigenvalue weighted by atomic mass is 16.4. The van der Waals surface area contributed by atoms with Crippen molar-refractivity contribution in [2.24, 2.45) is 5.92 Å². The highest BCUT2D eigenvalue weighted by molar-refractivity contribution is 5.97. The standard InChI is InChI=1S/C13H14N2O4/c1-8-4-2-3-5-10(8)12(17)14-15-7-9(13(18)19)6-11(15)16/h2-5,9H,6-7H2,1H3,(H,14,17)(H,18,19)/t9-/m0/s1. The van der Waals surface area contributed by atoms with Gasteiger partial charge in [0, 0.05) is 12.0 Å². The van der Waals surface area contributed by atoms with E-state index in [4.69, 9.17) is 5.11 Å². The number of aliphatic carboxylic acids is 1. The lowest BCUT2D eigenvalue weighted by atomic mass is 10.1. The third-order valence-electron chi connectivity index (χ3n) is 3.10.